The fraction of sp³-hybridized carbons (Fsp3) is 0.0714. The van der Waals surface area contributed by atoms with Crippen LogP contribution in [-0.2, 0) is 6.54 Å². The summed E-state index contributed by atoms with van der Waals surface area (Å²) in [6.07, 6.45) is 3.27. The number of aromatic amines is 1. The number of hydrogen-bond donors (Lipinski definition) is 2. The molecule has 0 atom stereocenters. The number of amides is 1. The maximum absolute atomic E-state index is 12.0. The van der Waals surface area contributed by atoms with Gasteiger partial charge in [-0.1, -0.05) is 18.2 Å². The van der Waals surface area contributed by atoms with Crippen molar-refractivity contribution in [3.05, 3.63) is 64.3 Å². The first-order valence-corrected chi connectivity index (χ1v) is 6.03. The van der Waals surface area contributed by atoms with Gasteiger partial charge in [-0.2, -0.15) is 5.10 Å². The summed E-state index contributed by atoms with van der Waals surface area (Å²) >= 11 is 0. The molecular weight excluding hydrogens is 258 g/mol. The molecule has 100 valence electrons. The van der Waals surface area contributed by atoms with Crippen LogP contribution in [-0.4, -0.2) is 16.1 Å². The van der Waals surface area contributed by atoms with E-state index in [1.807, 2.05) is 6.07 Å². The number of benzene rings is 1. The highest BCUT2D eigenvalue weighted by Crippen LogP contribution is 2.12. The molecule has 0 unspecified atom stereocenters. The van der Waals surface area contributed by atoms with Crippen LogP contribution in [0.15, 0.2) is 51.9 Å². The number of hydrogen-bond acceptors (Lipinski definition) is 4. The number of aromatic nitrogens is 2. The fourth-order valence-corrected chi connectivity index (χ4v) is 1.87. The number of para-hydroxylation sites is 1. The highest BCUT2D eigenvalue weighted by molar-refractivity contribution is 5.96. The van der Waals surface area contributed by atoms with Crippen molar-refractivity contribution in [3.63, 3.8) is 0 Å². The van der Waals surface area contributed by atoms with Gasteiger partial charge >= 0.3 is 5.63 Å². The fourth-order valence-electron chi connectivity index (χ4n) is 1.87. The molecule has 1 amide bonds. The average Bonchev–Trinajstić information content (AvgIpc) is 2.97. The number of nitrogens with one attached hydrogen (secondary N) is 2. The molecule has 0 fully saturated rings. The van der Waals surface area contributed by atoms with Gasteiger partial charge in [0.2, 0.25) is 0 Å². The number of nitrogens with zero attached hydrogens (tertiary/aromatic N) is 1. The lowest BCUT2D eigenvalue weighted by molar-refractivity contribution is 0.0947. The van der Waals surface area contributed by atoms with Gasteiger partial charge in [-0.3, -0.25) is 9.89 Å². The molecule has 0 aliphatic rings. The molecule has 3 rings (SSSR count). The largest absolute Gasteiger partial charge is 0.422 e. The second-order valence-electron chi connectivity index (χ2n) is 4.27. The van der Waals surface area contributed by atoms with Crippen molar-refractivity contribution in [2.75, 3.05) is 0 Å². The molecule has 0 saturated carbocycles. The highest BCUT2D eigenvalue weighted by atomic mass is 16.4. The van der Waals surface area contributed by atoms with E-state index in [2.05, 4.69) is 15.5 Å². The molecule has 0 spiro atoms. The van der Waals surface area contributed by atoms with Crippen molar-refractivity contribution in [2.45, 2.75) is 6.54 Å². The summed E-state index contributed by atoms with van der Waals surface area (Å²) < 4.78 is 5.12. The van der Waals surface area contributed by atoms with Gasteiger partial charge in [-0.05, 0) is 12.1 Å². The Bertz CT molecular complexity index is 806. The monoisotopic (exact) mass is 269 g/mol. The summed E-state index contributed by atoms with van der Waals surface area (Å²) in [5, 5.41) is 9.78. The third-order valence-electron chi connectivity index (χ3n) is 2.89. The van der Waals surface area contributed by atoms with Gasteiger partial charge in [0, 0.05) is 23.7 Å². The summed E-state index contributed by atoms with van der Waals surface area (Å²) in [5.74, 6) is -0.467. The topological polar surface area (TPSA) is 88.0 Å². The Morgan fingerprint density at radius 3 is 3.00 bits per heavy atom. The van der Waals surface area contributed by atoms with Crippen LogP contribution in [0.2, 0.25) is 0 Å². The van der Waals surface area contributed by atoms with Gasteiger partial charge in [0.1, 0.15) is 11.1 Å². The first-order chi connectivity index (χ1) is 9.74. The van der Waals surface area contributed by atoms with Crippen LogP contribution in [0.4, 0.5) is 0 Å². The minimum atomic E-state index is -0.645. The molecule has 1 aromatic carbocycles. The number of carbonyl (C=O) groups excluding carboxylic acids is 1. The van der Waals surface area contributed by atoms with E-state index in [0.29, 0.717) is 17.5 Å². The molecule has 0 saturated heterocycles. The van der Waals surface area contributed by atoms with E-state index in [4.69, 9.17) is 4.42 Å². The van der Waals surface area contributed by atoms with Crippen molar-refractivity contribution >= 4 is 16.9 Å². The zero-order valence-corrected chi connectivity index (χ0v) is 10.4. The third-order valence-corrected chi connectivity index (χ3v) is 2.89. The zero-order valence-electron chi connectivity index (χ0n) is 10.4. The van der Waals surface area contributed by atoms with Crippen molar-refractivity contribution in [3.8, 4) is 0 Å². The van der Waals surface area contributed by atoms with E-state index in [1.165, 1.54) is 6.07 Å². The minimum Gasteiger partial charge on any atom is -0.422 e. The van der Waals surface area contributed by atoms with Crippen molar-refractivity contribution in [2.24, 2.45) is 0 Å². The van der Waals surface area contributed by atoms with E-state index in [0.717, 1.165) is 5.56 Å². The van der Waals surface area contributed by atoms with E-state index in [-0.39, 0.29) is 5.56 Å². The summed E-state index contributed by atoms with van der Waals surface area (Å²) in [5.41, 5.74) is 0.632. The minimum absolute atomic E-state index is 0.00723. The summed E-state index contributed by atoms with van der Waals surface area (Å²) in [6, 6.07) is 8.58. The van der Waals surface area contributed by atoms with E-state index in [9.17, 15) is 9.59 Å². The SMILES string of the molecule is O=C(NCc1cn[nH]c1)c1cc2ccccc2oc1=O. The average molecular weight is 269 g/mol. The quantitative estimate of drug-likeness (QED) is 0.704. The van der Waals surface area contributed by atoms with Crippen LogP contribution in [0.25, 0.3) is 11.0 Å². The highest BCUT2D eigenvalue weighted by Gasteiger charge is 2.13. The van der Waals surface area contributed by atoms with Gasteiger partial charge in [-0.15, -0.1) is 0 Å². The second-order valence-corrected chi connectivity index (χ2v) is 4.27. The Labute approximate surface area is 113 Å². The molecule has 0 bridgehead atoms. The van der Waals surface area contributed by atoms with Crippen LogP contribution in [0.1, 0.15) is 15.9 Å². The number of carbonyl (C=O) groups is 1. The standard InChI is InChI=1S/C14H11N3O3/c18-13(15-6-9-7-16-17-8-9)11-5-10-3-1-2-4-12(10)20-14(11)19/h1-5,7-8H,6H2,(H,15,18)(H,16,17). The van der Waals surface area contributed by atoms with E-state index < -0.39 is 11.5 Å². The molecule has 0 aliphatic carbocycles. The molecule has 6 nitrogen and oxygen atoms in total. The van der Waals surface area contributed by atoms with Crippen LogP contribution in [0, 0.1) is 0 Å². The van der Waals surface area contributed by atoms with Crippen molar-refractivity contribution in [1.29, 1.82) is 0 Å². The second kappa shape index (κ2) is 5.00. The normalized spacial score (nSPS) is 10.6. The molecule has 0 radical (unpaired) electrons. The maximum Gasteiger partial charge on any atom is 0.349 e. The van der Waals surface area contributed by atoms with Crippen molar-refractivity contribution in [1.82, 2.24) is 15.5 Å². The van der Waals surface area contributed by atoms with Gasteiger partial charge in [-0.25, -0.2) is 4.79 Å². The lowest BCUT2D eigenvalue weighted by atomic mass is 10.2. The number of H-pyrrole nitrogens is 1. The molecule has 2 aromatic heterocycles. The molecule has 6 heteroatoms. The predicted molar refractivity (Wildman–Crippen MR) is 72.2 cm³/mol. The van der Waals surface area contributed by atoms with Crippen LogP contribution >= 0.6 is 0 Å². The Morgan fingerprint density at radius 2 is 2.20 bits per heavy atom. The maximum atomic E-state index is 12.0. The Balaban J connectivity index is 1.87. The lowest BCUT2D eigenvalue weighted by Crippen LogP contribution is -2.27. The summed E-state index contributed by atoms with van der Waals surface area (Å²) in [6.45, 7) is 0.293. The molecule has 0 aliphatic heterocycles. The summed E-state index contributed by atoms with van der Waals surface area (Å²) in [4.78, 5) is 23.8. The van der Waals surface area contributed by atoms with Gasteiger partial charge in [0.25, 0.3) is 5.91 Å². The smallest absolute Gasteiger partial charge is 0.349 e. The lowest BCUT2D eigenvalue weighted by Gasteiger charge is -2.03. The molecule has 20 heavy (non-hydrogen) atoms. The van der Waals surface area contributed by atoms with Gasteiger partial charge in [0.05, 0.1) is 6.20 Å². The van der Waals surface area contributed by atoms with Crippen LogP contribution < -0.4 is 10.9 Å². The number of rotatable bonds is 3. The van der Waals surface area contributed by atoms with Crippen LogP contribution in [0.3, 0.4) is 0 Å². The zero-order chi connectivity index (χ0) is 13.9. The first-order valence-electron chi connectivity index (χ1n) is 6.03. The number of fused-ring (bicyclic) bond motifs is 1. The van der Waals surface area contributed by atoms with Crippen molar-refractivity contribution < 1.29 is 9.21 Å². The molecule has 2 N–H and O–H groups in total. The Kier molecular flexibility index (Phi) is 3.04. The Morgan fingerprint density at radius 1 is 1.35 bits per heavy atom. The Hall–Kier alpha value is -2.89. The molecule has 2 heterocycles. The molecular formula is C14H11N3O3. The molecule has 3 aromatic rings. The van der Waals surface area contributed by atoms with E-state index in [1.54, 1.807) is 30.6 Å². The predicted octanol–water partition coefficient (Wildman–Crippen LogP) is 1.45. The van der Waals surface area contributed by atoms with Crippen LogP contribution in [0.5, 0.6) is 0 Å². The van der Waals surface area contributed by atoms with Gasteiger partial charge < -0.3 is 9.73 Å². The van der Waals surface area contributed by atoms with Gasteiger partial charge in [0.15, 0.2) is 0 Å². The van der Waals surface area contributed by atoms with E-state index >= 15 is 0 Å². The summed E-state index contributed by atoms with van der Waals surface area (Å²) in [7, 11) is 0. The third kappa shape index (κ3) is 2.31. The first kappa shape index (κ1) is 12.2.